The third-order valence-electron chi connectivity index (χ3n) is 4.03. The van der Waals surface area contributed by atoms with Crippen molar-refractivity contribution in [1.29, 1.82) is 0 Å². The Morgan fingerprint density at radius 2 is 2.00 bits per heavy atom. The van der Waals surface area contributed by atoms with Crippen LogP contribution < -0.4 is 10.2 Å². The molecule has 1 atom stereocenters. The van der Waals surface area contributed by atoms with Crippen molar-refractivity contribution >= 4 is 27.1 Å². The van der Waals surface area contributed by atoms with Gasteiger partial charge < -0.3 is 10.2 Å². The van der Waals surface area contributed by atoms with Crippen LogP contribution in [0.3, 0.4) is 0 Å². The van der Waals surface area contributed by atoms with Crippen molar-refractivity contribution in [3.63, 3.8) is 0 Å². The van der Waals surface area contributed by atoms with Gasteiger partial charge >= 0.3 is 0 Å². The molecule has 1 saturated heterocycles. The Morgan fingerprint density at radius 3 is 2.67 bits per heavy atom. The number of aromatic nitrogens is 1. The molecule has 1 aliphatic rings. The quantitative estimate of drug-likeness (QED) is 0.916. The Bertz CT molecular complexity index is 837. The average Bonchev–Trinajstić information content (AvgIpc) is 2.93. The largest absolute Gasteiger partial charge is 0.381 e. The molecular weight excluding hydrogens is 326 g/mol. The van der Waals surface area contributed by atoms with Gasteiger partial charge in [0.05, 0.1) is 11.5 Å². The van der Waals surface area contributed by atoms with Crippen LogP contribution in [0.15, 0.2) is 48.7 Å². The molecule has 1 aromatic carbocycles. The molecule has 1 aromatic heterocycles. The van der Waals surface area contributed by atoms with E-state index in [2.05, 4.69) is 10.3 Å². The molecule has 1 fully saturated rings. The summed E-state index contributed by atoms with van der Waals surface area (Å²) in [6.07, 6.45) is 2.13. The second-order valence-electron chi connectivity index (χ2n) is 5.87. The van der Waals surface area contributed by atoms with Gasteiger partial charge in [-0.3, -0.25) is 9.78 Å². The summed E-state index contributed by atoms with van der Waals surface area (Å²) in [5.74, 6) is 0.116. The molecule has 1 aliphatic heterocycles. The maximum atomic E-state index is 12.6. The summed E-state index contributed by atoms with van der Waals surface area (Å²) in [6.45, 7) is 0. The van der Waals surface area contributed by atoms with Crippen molar-refractivity contribution < 1.29 is 13.2 Å². The number of rotatable bonds is 4. The fourth-order valence-corrected chi connectivity index (χ4v) is 4.40. The topological polar surface area (TPSA) is 79.4 Å². The zero-order chi connectivity index (χ0) is 17.2. The first-order chi connectivity index (χ1) is 11.4. The van der Waals surface area contributed by atoms with E-state index in [1.165, 1.54) is 4.90 Å². The van der Waals surface area contributed by atoms with E-state index >= 15 is 0 Å². The summed E-state index contributed by atoms with van der Waals surface area (Å²) in [5, 5.41) is 3.18. The van der Waals surface area contributed by atoms with E-state index in [1.807, 2.05) is 30.3 Å². The van der Waals surface area contributed by atoms with E-state index in [0.29, 0.717) is 17.8 Å². The molecule has 2 aromatic rings. The molecule has 6 nitrogen and oxygen atoms in total. The number of carbonyl (C=O) groups is 1. The van der Waals surface area contributed by atoms with E-state index in [4.69, 9.17) is 0 Å². The summed E-state index contributed by atoms with van der Waals surface area (Å²) < 4.78 is 23.1. The summed E-state index contributed by atoms with van der Waals surface area (Å²) in [6, 6.07) is 12.6. The molecular formula is C17H19N3O3S. The predicted octanol–water partition coefficient (Wildman–Crippen LogP) is 1.96. The number of carbonyl (C=O) groups excluding carboxylic acids is 1. The van der Waals surface area contributed by atoms with Crippen molar-refractivity contribution in [3.05, 3.63) is 54.4 Å². The number of benzene rings is 1. The van der Waals surface area contributed by atoms with Gasteiger partial charge in [-0.05, 0) is 30.7 Å². The molecule has 0 radical (unpaired) electrons. The van der Waals surface area contributed by atoms with E-state index < -0.39 is 9.84 Å². The van der Waals surface area contributed by atoms with E-state index in [1.54, 1.807) is 25.4 Å². The van der Waals surface area contributed by atoms with Crippen LogP contribution in [-0.2, 0) is 9.84 Å². The van der Waals surface area contributed by atoms with Crippen LogP contribution in [0.25, 0.3) is 0 Å². The van der Waals surface area contributed by atoms with Crippen LogP contribution in [0.5, 0.6) is 0 Å². The molecule has 2 heterocycles. The van der Waals surface area contributed by atoms with Crippen molar-refractivity contribution in [1.82, 2.24) is 4.98 Å². The number of pyridine rings is 1. The molecule has 0 aliphatic carbocycles. The first kappa shape index (κ1) is 16.4. The lowest BCUT2D eigenvalue weighted by Gasteiger charge is -2.18. The second kappa shape index (κ2) is 6.60. The number of hydrogen-bond donors (Lipinski definition) is 1. The smallest absolute Gasteiger partial charge is 0.276 e. The van der Waals surface area contributed by atoms with Gasteiger partial charge in [-0.2, -0.15) is 0 Å². The van der Waals surface area contributed by atoms with Crippen molar-refractivity contribution in [3.8, 4) is 0 Å². The van der Waals surface area contributed by atoms with Crippen LogP contribution in [0.1, 0.15) is 16.9 Å². The minimum Gasteiger partial charge on any atom is -0.381 e. The Labute approximate surface area is 141 Å². The van der Waals surface area contributed by atoms with Crippen molar-refractivity contribution in [2.75, 3.05) is 28.8 Å². The normalized spacial score (nSPS) is 19.0. The first-order valence-electron chi connectivity index (χ1n) is 7.71. The van der Waals surface area contributed by atoms with Crippen LogP contribution in [0.4, 0.5) is 11.4 Å². The van der Waals surface area contributed by atoms with E-state index in [-0.39, 0.29) is 23.5 Å². The summed E-state index contributed by atoms with van der Waals surface area (Å²) in [4.78, 5) is 18.3. The highest BCUT2D eigenvalue weighted by Gasteiger charge is 2.27. The summed E-state index contributed by atoms with van der Waals surface area (Å²) >= 11 is 0. The number of amides is 1. The van der Waals surface area contributed by atoms with Gasteiger partial charge in [0.25, 0.3) is 5.91 Å². The minimum atomic E-state index is -2.94. The molecule has 24 heavy (non-hydrogen) atoms. The number of anilines is 2. The highest BCUT2D eigenvalue weighted by molar-refractivity contribution is 7.91. The number of nitrogens with zero attached hydrogens (tertiary/aromatic N) is 2. The number of para-hydroxylation sites is 1. The molecule has 3 rings (SSSR count). The van der Waals surface area contributed by atoms with Gasteiger partial charge in [0.2, 0.25) is 0 Å². The number of nitrogens with one attached hydrogen (secondary N) is 1. The summed E-state index contributed by atoms with van der Waals surface area (Å²) in [5.41, 5.74) is 1.80. The maximum Gasteiger partial charge on any atom is 0.276 e. The predicted molar refractivity (Wildman–Crippen MR) is 94.1 cm³/mol. The monoisotopic (exact) mass is 345 g/mol. The summed E-state index contributed by atoms with van der Waals surface area (Å²) in [7, 11) is -1.25. The fraction of sp³-hybridized carbons (Fsp3) is 0.294. The molecule has 1 N–H and O–H groups in total. The molecule has 0 bridgehead atoms. The minimum absolute atomic E-state index is 0.118. The third kappa shape index (κ3) is 3.73. The average molecular weight is 345 g/mol. The van der Waals surface area contributed by atoms with Crippen molar-refractivity contribution in [2.45, 2.75) is 12.5 Å². The second-order valence-corrected chi connectivity index (χ2v) is 8.10. The van der Waals surface area contributed by atoms with Gasteiger partial charge in [-0.1, -0.05) is 18.2 Å². The molecule has 0 spiro atoms. The van der Waals surface area contributed by atoms with Gasteiger partial charge in [-0.15, -0.1) is 0 Å². The molecule has 7 heteroatoms. The van der Waals surface area contributed by atoms with Crippen molar-refractivity contribution in [2.24, 2.45) is 0 Å². The SMILES string of the molecule is CN(C(=O)c1cc(NC2CCS(=O)(=O)C2)ccn1)c1ccccc1. The zero-order valence-corrected chi connectivity index (χ0v) is 14.2. The Morgan fingerprint density at radius 1 is 1.25 bits per heavy atom. The highest BCUT2D eigenvalue weighted by atomic mass is 32.2. The van der Waals surface area contributed by atoms with E-state index in [9.17, 15) is 13.2 Å². The Hall–Kier alpha value is -2.41. The lowest BCUT2D eigenvalue weighted by molar-refractivity contribution is 0.0988. The highest BCUT2D eigenvalue weighted by Crippen LogP contribution is 2.19. The number of sulfone groups is 1. The standard InChI is InChI=1S/C17H19N3O3S/c1-20(15-5-3-2-4-6-15)17(21)16-11-13(7-9-18-16)19-14-8-10-24(22,23)12-14/h2-7,9,11,14H,8,10,12H2,1H3,(H,18,19). The lowest BCUT2D eigenvalue weighted by atomic mass is 10.2. The van der Waals surface area contributed by atoms with Gasteiger partial charge in [0.1, 0.15) is 5.69 Å². The number of hydrogen-bond acceptors (Lipinski definition) is 5. The zero-order valence-electron chi connectivity index (χ0n) is 13.3. The maximum absolute atomic E-state index is 12.6. The fourth-order valence-electron chi connectivity index (χ4n) is 2.72. The van der Waals surface area contributed by atoms with Crippen LogP contribution in [0, 0.1) is 0 Å². The Kier molecular flexibility index (Phi) is 4.53. The third-order valence-corrected chi connectivity index (χ3v) is 5.80. The van der Waals surface area contributed by atoms with Gasteiger partial charge in [0.15, 0.2) is 9.84 Å². The van der Waals surface area contributed by atoms with Gasteiger partial charge in [-0.25, -0.2) is 8.42 Å². The van der Waals surface area contributed by atoms with E-state index in [0.717, 1.165) is 5.69 Å². The Balaban J connectivity index is 1.74. The molecule has 0 saturated carbocycles. The van der Waals surface area contributed by atoms with Crippen LogP contribution in [0.2, 0.25) is 0 Å². The van der Waals surface area contributed by atoms with Crippen LogP contribution in [-0.4, -0.2) is 43.9 Å². The lowest BCUT2D eigenvalue weighted by Crippen LogP contribution is -2.27. The first-order valence-corrected chi connectivity index (χ1v) is 9.53. The molecule has 1 amide bonds. The van der Waals surface area contributed by atoms with Gasteiger partial charge in [0, 0.05) is 30.7 Å². The molecule has 1 unspecified atom stereocenters. The molecule has 126 valence electrons. The van der Waals surface area contributed by atoms with Crippen LogP contribution >= 0.6 is 0 Å².